The Hall–Kier alpha value is -0.710. The molecular weight excluding hydrogens is 212 g/mol. The lowest BCUT2D eigenvalue weighted by molar-refractivity contribution is -0.126. The summed E-state index contributed by atoms with van der Waals surface area (Å²) in [7, 11) is 0. The summed E-state index contributed by atoms with van der Waals surface area (Å²) in [5, 5.41) is 5.59. The molecule has 0 radical (unpaired) electrons. The van der Waals surface area contributed by atoms with Crippen molar-refractivity contribution in [3.8, 4) is 0 Å². The van der Waals surface area contributed by atoms with E-state index in [4.69, 9.17) is 0 Å². The van der Waals surface area contributed by atoms with Crippen molar-refractivity contribution in [1.29, 1.82) is 0 Å². The molecule has 0 aliphatic carbocycles. The maximum Gasteiger partial charge on any atom is 0.225 e. The van der Waals surface area contributed by atoms with E-state index in [0.717, 1.165) is 11.5 Å². The van der Waals surface area contributed by atoms with Gasteiger partial charge in [-0.1, -0.05) is 6.92 Å². The first-order valence-corrected chi connectivity index (χ1v) is 6.43. The van der Waals surface area contributed by atoms with E-state index in [2.05, 4.69) is 17.6 Å². The van der Waals surface area contributed by atoms with Crippen molar-refractivity contribution in [2.24, 2.45) is 5.92 Å². The van der Waals surface area contributed by atoms with Crippen molar-refractivity contribution >= 4 is 23.6 Å². The van der Waals surface area contributed by atoms with Crippen LogP contribution in [0.4, 0.5) is 0 Å². The van der Waals surface area contributed by atoms with Crippen molar-refractivity contribution in [2.45, 2.75) is 26.3 Å². The smallest absolute Gasteiger partial charge is 0.225 e. The van der Waals surface area contributed by atoms with Gasteiger partial charge in [0.05, 0.1) is 5.92 Å². The fourth-order valence-electron chi connectivity index (χ4n) is 1.49. The third-order valence-corrected chi connectivity index (χ3v) is 3.45. The second-order valence-electron chi connectivity index (χ2n) is 3.77. The van der Waals surface area contributed by atoms with Crippen molar-refractivity contribution < 1.29 is 9.59 Å². The monoisotopic (exact) mass is 230 g/mol. The van der Waals surface area contributed by atoms with E-state index in [9.17, 15) is 9.59 Å². The van der Waals surface area contributed by atoms with E-state index in [1.165, 1.54) is 0 Å². The van der Waals surface area contributed by atoms with Crippen molar-refractivity contribution in [3.63, 3.8) is 0 Å². The Morgan fingerprint density at radius 2 is 2.47 bits per heavy atom. The number of hydrogen-bond donors (Lipinski definition) is 2. The minimum Gasteiger partial charge on any atom is -0.355 e. The summed E-state index contributed by atoms with van der Waals surface area (Å²) < 4.78 is 0. The summed E-state index contributed by atoms with van der Waals surface area (Å²) in [6.45, 7) is 4.57. The van der Waals surface area contributed by atoms with E-state index in [1.54, 1.807) is 11.8 Å². The van der Waals surface area contributed by atoms with E-state index in [0.29, 0.717) is 13.0 Å². The summed E-state index contributed by atoms with van der Waals surface area (Å²) in [6, 6.07) is 0.179. The zero-order chi connectivity index (χ0) is 11.3. The number of nitrogens with one attached hydrogen (secondary N) is 2. The Kier molecular flexibility index (Phi) is 4.94. The van der Waals surface area contributed by atoms with Crippen LogP contribution in [-0.2, 0) is 9.59 Å². The lowest BCUT2D eigenvalue weighted by Crippen LogP contribution is -2.39. The van der Waals surface area contributed by atoms with Crippen LogP contribution in [0.3, 0.4) is 0 Å². The van der Waals surface area contributed by atoms with Crippen LogP contribution in [0, 0.1) is 5.92 Å². The van der Waals surface area contributed by atoms with E-state index >= 15 is 0 Å². The van der Waals surface area contributed by atoms with Gasteiger partial charge in [-0.3, -0.25) is 9.59 Å². The van der Waals surface area contributed by atoms with Gasteiger partial charge < -0.3 is 10.6 Å². The molecule has 0 aromatic rings. The van der Waals surface area contributed by atoms with Gasteiger partial charge in [-0.2, -0.15) is 11.8 Å². The molecule has 2 amide bonds. The third-order valence-electron chi connectivity index (χ3n) is 2.31. The zero-order valence-corrected chi connectivity index (χ0v) is 10.0. The van der Waals surface area contributed by atoms with Crippen LogP contribution in [0.5, 0.6) is 0 Å². The molecule has 0 bridgehead atoms. The van der Waals surface area contributed by atoms with Gasteiger partial charge in [0.2, 0.25) is 11.8 Å². The average molecular weight is 230 g/mol. The predicted octanol–water partition coefficient (Wildman–Crippen LogP) is 0.380. The summed E-state index contributed by atoms with van der Waals surface area (Å²) in [5.41, 5.74) is 0. The number of carbonyl (C=O) groups excluding carboxylic acids is 2. The summed E-state index contributed by atoms with van der Waals surface area (Å²) >= 11 is 1.80. The van der Waals surface area contributed by atoms with Crippen molar-refractivity contribution in [3.05, 3.63) is 0 Å². The molecule has 1 heterocycles. The van der Waals surface area contributed by atoms with Crippen LogP contribution in [0.25, 0.3) is 0 Å². The maximum atomic E-state index is 11.7. The second-order valence-corrected chi connectivity index (χ2v) is 5.09. The molecule has 4 nitrogen and oxygen atoms in total. The minimum absolute atomic E-state index is 0.00227. The summed E-state index contributed by atoms with van der Waals surface area (Å²) in [5.74, 6) is 1.79. The molecule has 1 aliphatic rings. The molecule has 2 unspecified atom stereocenters. The van der Waals surface area contributed by atoms with Crippen LogP contribution in [0.2, 0.25) is 0 Å². The fourth-order valence-corrected chi connectivity index (χ4v) is 2.16. The lowest BCUT2D eigenvalue weighted by atomic mass is 10.1. The molecule has 1 fully saturated rings. The van der Waals surface area contributed by atoms with Crippen molar-refractivity contribution in [2.75, 3.05) is 18.1 Å². The zero-order valence-electron chi connectivity index (χ0n) is 9.21. The Morgan fingerprint density at radius 1 is 1.73 bits per heavy atom. The van der Waals surface area contributed by atoms with Crippen LogP contribution in [-0.4, -0.2) is 35.9 Å². The standard InChI is InChI=1S/C10H18N2O2S/c1-3-15-6-7(2)12-10(14)8-4-9(13)11-5-8/h7-8H,3-6H2,1-2H3,(H,11,13)(H,12,14). The fraction of sp³-hybridized carbons (Fsp3) is 0.800. The molecule has 86 valence electrons. The third kappa shape index (κ3) is 4.11. The SMILES string of the molecule is CCSCC(C)NC(=O)C1CNC(=O)C1. The summed E-state index contributed by atoms with van der Waals surface area (Å²) in [4.78, 5) is 22.6. The molecule has 15 heavy (non-hydrogen) atoms. The van der Waals surface area contributed by atoms with Crippen LogP contribution >= 0.6 is 11.8 Å². The predicted molar refractivity (Wildman–Crippen MR) is 61.7 cm³/mol. The van der Waals surface area contributed by atoms with E-state index in [-0.39, 0.29) is 23.8 Å². The number of thioether (sulfide) groups is 1. The van der Waals surface area contributed by atoms with Gasteiger partial charge in [0.15, 0.2) is 0 Å². The lowest BCUT2D eigenvalue weighted by Gasteiger charge is -2.15. The minimum atomic E-state index is -0.174. The highest BCUT2D eigenvalue weighted by molar-refractivity contribution is 7.99. The Bertz CT molecular complexity index is 246. The first-order valence-electron chi connectivity index (χ1n) is 5.28. The number of carbonyl (C=O) groups is 2. The average Bonchev–Trinajstić information content (AvgIpc) is 2.61. The molecule has 1 aliphatic heterocycles. The van der Waals surface area contributed by atoms with Crippen LogP contribution in [0.15, 0.2) is 0 Å². The largest absolute Gasteiger partial charge is 0.355 e. The Balaban J connectivity index is 2.25. The quantitative estimate of drug-likeness (QED) is 0.718. The first-order chi connectivity index (χ1) is 7.13. The topological polar surface area (TPSA) is 58.2 Å². The molecule has 1 saturated heterocycles. The summed E-state index contributed by atoms with van der Waals surface area (Å²) in [6.07, 6.45) is 0.333. The molecule has 0 spiro atoms. The van der Waals surface area contributed by atoms with Gasteiger partial charge in [0, 0.05) is 24.8 Å². The molecule has 2 atom stereocenters. The van der Waals surface area contributed by atoms with Gasteiger partial charge in [-0.05, 0) is 12.7 Å². The molecule has 0 aromatic heterocycles. The van der Waals surface area contributed by atoms with E-state index in [1.807, 2.05) is 6.92 Å². The maximum absolute atomic E-state index is 11.7. The van der Waals surface area contributed by atoms with Crippen LogP contribution < -0.4 is 10.6 Å². The number of rotatable bonds is 5. The van der Waals surface area contributed by atoms with Crippen LogP contribution in [0.1, 0.15) is 20.3 Å². The van der Waals surface area contributed by atoms with E-state index < -0.39 is 0 Å². The molecule has 1 rings (SSSR count). The Morgan fingerprint density at radius 3 is 3.00 bits per heavy atom. The van der Waals surface area contributed by atoms with Crippen molar-refractivity contribution in [1.82, 2.24) is 10.6 Å². The normalized spacial score (nSPS) is 22.3. The van der Waals surface area contributed by atoms with Gasteiger partial charge in [0.25, 0.3) is 0 Å². The number of hydrogen-bond acceptors (Lipinski definition) is 3. The van der Waals surface area contributed by atoms with Gasteiger partial charge in [-0.15, -0.1) is 0 Å². The highest BCUT2D eigenvalue weighted by atomic mass is 32.2. The molecule has 2 N–H and O–H groups in total. The molecular formula is C10H18N2O2S. The highest BCUT2D eigenvalue weighted by Crippen LogP contribution is 2.09. The number of amides is 2. The Labute approximate surface area is 94.6 Å². The van der Waals surface area contributed by atoms with Gasteiger partial charge >= 0.3 is 0 Å². The molecule has 0 saturated carbocycles. The van der Waals surface area contributed by atoms with Gasteiger partial charge in [0.1, 0.15) is 0 Å². The molecule has 0 aromatic carbocycles. The second kappa shape index (κ2) is 6.00. The highest BCUT2D eigenvalue weighted by Gasteiger charge is 2.28. The first kappa shape index (κ1) is 12.4. The molecule has 5 heteroatoms. The van der Waals surface area contributed by atoms with Gasteiger partial charge in [-0.25, -0.2) is 0 Å².